The molecule has 0 radical (unpaired) electrons. The molecule has 1 unspecified atom stereocenters. The van der Waals surface area contributed by atoms with Crippen molar-refractivity contribution >= 4 is 28.5 Å². The first-order chi connectivity index (χ1) is 10.1. The molecule has 1 heterocycles. The molecule has 0 saturated heterocycles. The first-order valence-corrected chi connectivity index (χ1v) is 6.98. The number of benzene rings is 1. The maximum absolute atomic E-state index is 11.4. The van der Waals surface area contributed by atoms with Gasteiger partial charge in [0.1, 0.15) is 6.04 Å². The van der Waals surface area contributed by atoms with Crippen molar-refractivity contribution < 1.29 is 9.72 Å². The molecule has 2 rings (SSSR count). The standard InChI is InChI=1S/C14H13N3O3S/c15-14(18)12(8-10-4-2-1-3-5-10)16-9-11-6-7-13(21-11)17(19)20/h1-7,9,12H,8H2,(H2,15,18). The number of amides is 1. The average molecular weight is 303 g/mol. The van der Waals surface area contributed by atoms with Gasteiger partial charge in [0.05, 0.1) is 9.80 Å². The van der Waals surface area contributed by atoms with Crippen LogP contribution < -0.4 is 5.73 Å². The molecule has 1 aromatic carbocycles. The Bertz CT molecular complexity index is 667. The van der Waals surface area contributed by atoms with E-state index in [1.807, 2.05) is 30.3 Å². The summed E-state index contributed by atoms with van der Waals surface area (Å²) in [6.45, 7) is 0. The van der Waals surface area contributed by atoms with E-state index in [1.54, 1.807) is 6.07 Å². The van der Waals surface area contributed by atoms with Crippen molar-refractivity contribution in [3.05, 3.63) is 63.0 Å². The van der Waals surface area contributed by atoms with E-state index in [-0.39, 0.29) is 5.00 Å². The van der Waals surface area contributed by atoms with Crippen LogP contribution in [0.1, 0.15) is 10.4 Å². The Morgan fingerprint density at radius 3 is 2.62 bits per heavy atom. The minimum absolute atomic E-state index is 0.0372. The maximum Gasteiger partial charge on any atom is 0.324 e. The van der Waals surface area contributed by atoms with E-state index in [4.69, 9.17) is 5.73 Å². The van der Waals surface area contributed by atoms with Gasteiger partial charge >= 0.3 is 5.00 Å². The van der Waals surface area contributed by atoms with Crippen LogP contribution in [0.4, 0.5) is 5.00 Å². The fraction of sp³-hybridized carbons (Fsp3) is 0.143. The highest BCUT2D eigenvalue weighted by Gasteiger charge is 2.14. The van der Waals surface area contributed by atoms with Gasteiger partial charge in [-0.25, -0.2) is 0 Å². The molecule has 0 bridgehead atoms. The molecule has 0 saturated carbocycles. The Morgan fingerprint density at radius 1 is 1.33 bits per heavy atom. The summed E-state index contributed by atoms with van der Waals surface area (Å²) in [4.78, 5) is 26.3. The van der Waals surface area contributed by atoms with Crippen LogP contribution in [-0.4, -0.2) is 23.1 Å². The zero-order valence-corrected chi connectivity index (χ0v) is 11.8. The summed E-state index contributed by atoms with van der Waals surface area (Å²) in [6.07, 6.45) is 1.86. The zero-order valence-electron chi connectivity index (χ0n) is 11.0. The summed E-state index contributed by atoms with van der Waals surface area (Å²) in [5.41, 5.74) is 6.30. The lowest BCUT2D eigenvalue weighted by atomic mass is 10.1. The summed E-state index contributed by atoms with van der Waals surface area (Å²) in [5, 5.41) is 10.6. The Kier molecular flexibility index (Phi) is 4.78. The number of carbonyl (C=O) groups excluding carboxylic acids is 1. The van der Waals surface area contributed by atoms with Crippen LogP contribution >= 0.6 is 11.3 Å². The number of thiophene rings is 1. The molecule has 0 aliphatic carbocycles. The van der Waals surface area contributed by atoms with Crippen LogP contribution in [0.3, 0.4) is 0 Å². The molecule has 108 valence electrons. The second-order valence-electron chi connectivity index (χ2n) is 4.32. The predicted octanol–water partition coefficient (Wildman–Crippen LogP) is 2.17. The maximum atomic E-state index is 11.4. The van der Waals surface area contributed by atoms with E-state index in [1.165, 1.54) is 12.3 Å². The monoisotopic (exact) mass is 303 g/mol. The molecule has 0 spiro atoms. The van der Waals surface area contributed by atoms with Crippen molar-refractivity contribution in [1.82, 2.24) is 0 Å². The fourth-order valence-corrected chi connectivity index (χ4v) is 2.44. The highest BCUT2D eigenvalue weighted by atomic mass is 32.1. The third kappa shape index (κ3) is 4.22. The molecule has 6 nitrogen and oxygen atoms in total. The lowest BCUT2D eigenvalue weighted by Gasteiger charge is -2.07. The van der Waals surface area contributed by atoms with E-state index >= 15 is 0 Å². The second kappa shape index (κ2) is 6.76. The Hall–Kier alpha value is -2.54. The first-order valence-electron chi connectivity index (χ1n) is 6.17. The molecule has 0 aliphatic rings. The Balaban J connectivity index is 2.10. The number of hydrogen-bond donors (Lipinski definition) is 1. The van der Waals surface area contributed by atoms with E-state index < -0.39 is 16.9 Å². The smallest absolute Gasteiger partial charge is 0.324 e. The predicted molar refractivity (Wildman–Crippen MR) is 81.7 cm³/mol. The fourth-order valence-electron chi connectivity index (χ4n) is 1.74. The number of nitro groups is 1. The van der Waals surface area contributed by atoms with E-state index in [2.05, 4.69) is 4.99 Å². The van der Waals surface area contributed by atoms with Crippen LogP contribution in [0.5, 0.6) is 0 Å². The van der Waals surface area contributed by atoms with Crippen molar-refractivity contribution in [3.8, 4) is 0 Å². The minimum atomic E-state index is -0.687. The van der Waals surface area contributed by atoms with E-state index in [0.29, 0.717) is 11.3 Å². The number of carbonyl (C=O) groups is 1. The summed E-state index contributed by atoms with van der Waals surface area (Å²) in [5.74, 6) is -0.527. The van der Waals surface area contributed by atoms with Crippen LogP contribution in [0.25, 0.3) is 0 Å². The molecule has 21 heavy (non-hydrogen) atoms. The van der Waals surface area contributed by atoms with Crippen molar-refractivity contribution in [2.75, 3.05) is 0 Å². The van der Waals surface area contributed by atoms with Gasteiger partial charge in [-0.2, -0.15) is 0 Å². The summed E-state index contributed by atoms with van der Waals surface area (Å²) >= 11 is 1.00. The second-order valence-corrected chi connectivity index (χ2v) is 5.41. The third-order valence-electron chi connectivity index (χ3n) is 2.77. The highest BCUT2D eigenvalue weighted by molar-refractivity contribution is 7.16. The number of primary amides is 1. The number of rotatable bonds is 6. The average Bonchev–Trinajstić information content (AvgIpc) is 2.93. The normalized spacial score (nSPS) is 12.4. The van der Waals surface area contributed by atoms with Crippen molar-refractivity contribution in [2.24, 2.45) is 10.7 Å². The molecule has 1 amide bonds. The quantitative estimate of drug-likeness (QED) is 0.503. The SMILES string of the molecule is NC(=O)C(Cc1ccccc1)N=Cc1ccc([N+](=O)[O-])s1. The lowest BCUT2D eigenvalue weighted by molar-refractivity contribution is -0.380. The lowest BCUT2D eigenvalue weighted by Crippen LogP contribution is -2.29. The zero-order chi connectivity index (χ0) is 15.2. The molecular weight excluding hydrogens is 290 g/mol. The molecule has 2 aromatic rings. The van der Waals surface area contributed by atoms with Gasteiger partial charge in [0.15, 0.2) is 0 Å². The van der Waals surface area contributed by atoms with Gasteiger partial charge in [-0.15, -0.1) is 0 Å². The van der Waals surface area contributed by atoms with E-state index in [9.17, 15) is 14.9 Å². The Labute approximate surface area is 125 Å². The summed E-state index contributed by atoms with van der Waals surface area (Å²) < 4.78 is 0. The van der Waals surface area contributed by atoms with Crippen molar-refractivity contribution in [3.63, 3.8) is 0 Å². The van der Waals surface area contributed by atoms with Crippen LogP contribution in [-0.2, 0) is 11.2 Å². The highest BCUT2D eigenvalue weighted by Crippen LogP contribution is 2.22. The molecule has 2 N–H and O–H groups in total. The first kappa shape index (κ1) is 14.9. The molecule has 0 aliphatic heterocycles. The van der Waals surface area contributed by atoms with Gasteiger partial charge in [-0.1, -0.05) is 41.7 Å². The molecular formula is C14H13N3O3S. The Morgan fingerprint density at radius 2 is 2.05 bits per heavy atom. The number of nitrogens with zero attached hydrogens (tertiary/aromatic N) is 2. The topological polar surface area (TPSA) is 98.6 Å². The molecule has 1 atom stereocenters. The van der Waals surface area contributed by atoms with Gasteiger partial charge in [0.2, 0.25) is 5.91 Å². The molecule has 7 heteroatoms. The van der Waals surface area contributed by atoms with Gasteiger partial charge < -0.3 is 5.73 Å². The summed E-state index contributed by atoms with van der Waals surface area (Å²) in [7, 11) is 0. The van der Waals surface area contributed by atoms with Crippen molar-refractivity contribution in [2.45, 2.75) is 12.5 Å². The van der Waals surface area contributed by atoms with E-state index in [0.717, 1.165) is 16.9 Å². The van der Waals surface area contributed by atoms with Gasteiger partial charge in [-0.3, -0.25) is 19.9 Å². The molecule has 1 aromatic heterocycles. The van der Waals surface area contributed by atoms with Crippen LogP contribution in [0, 0.1) is 10.1 Å². The van der Waals surface area contributed by atoms with Crippen molar-refractivity contribution in [1.29, 1.82) is 0 Å². The number of aliphatic imine (C=N–C) groups is 1. The third-order valence-corrected chi connectivity index (χ3v) is 3.75. The van der Waals surface area contributed by atoms with Crippen LogP contribution in [0.2, 0.25) is 0 Å². The van der Waals surface area contributed by atoms with Crippen LogP contribution in [0.15, 0.2) is 47.5 Å². The number of nitrogens with two attached hydrogens (primary N) is 1. The number of hydrogen-bond acceptors (Lipinski definition) is 5. The van der Waals surface area contributed by atoms with Gasteiger partial charge in [0, 0.05) is 18.7 Å². The summed E-state index contributed by atoms with van der Waals surface area (Å²) in [6, 6.07) is 11.7. The van der Waals surface area contributed by atoms with Gasteiger partial charge in [0.25, 0.3) is 0 Å². The molecule has 0 fully saturated rings. The minimum Gasteiger partial charge on any atom is -0.368 e. The largest absolute Gasteiger partial charge is 0.368 e. The van der Waals surface area contributed by atoms with Gasteiger partial charge in [-0.05, 0) is 11.6 Å².